The van der Waals surface area contributed by atoms with Crippen LogP contribution in [0.25, 0.3) is 0 Å². The highest BCUT2D eigenvalue weighted by atomic mass is 19.1. The van der Waals surface area contributed by atoms with Crippen molar-refractivity contribution in [3.8, 4) is 0 Å². The molecule has 0 aliphatic heterocycles. The Kier molecular flexibility index (Phi) is 5.03. The molecule has 0 bridgehead atoms. The molecule has 0 heterocycles. The van der Waals surface area contributed by atoms with E-state index in [0.29, 0.717) is 6.54 Å². The van der Waals surface area contributed by atoms with Gasteiger partial charge in [-0.15, -0.1) is 0 Å². The van der Waals surface area contributed by atoms with Gasteiger partial charge < -0.3 is 10.1 Å². The second kappa shape index (κ2) is 6.30. The normalized spacial score (nSPS) is 12.2. The molecule has 1 aromatic carbocycles. The summed E-state index contributed by atoms with van der Waals surface area (Å²) >= 11 is 0. The lowest BCUT2D eigenvalue weighted by Crippen LogP contribution is -2.31. The molecule has 17 heavy (non-hydrogen) atoms. The maximum Gasteiger partial charge on any atom is 0.327 e. The van der Waals surface area contributed by atoms with E-state index in [4.69, 9.17) is 0 Å². The Morgan fingerprint density at radius 2 is 2.18 bits per heavy atom. The van der Waals surface area contributed by atoms with Crippen LogP contribution in [0.4, 0.5) is 8.78 Å². The van der Waals surface area contributed by atoms with Gasteiger partial charge in [-0.2, -0.15) is 0 Å². The SMILES string of the molecule is CCCNC(C(=O)OC)c1cc(F)ccc1F. The number of nitrogens with one attached hydrogen (secondary N) is 1. The molecule has 1 N–H and O–H groups in total. The number of benzene rings is 1. The Bertz CT molecular complexity index is 396. The van der Waals surface area contributed by atoms with Crippen LogP contribution in [0.2, 0.25) is 0 Å². The van der Waals surface area contributed by atoms with Crippen LogP contribution in [-0.4, -0.2) is 19.6 Å². The smallest absolute Gasteiger partial charge is 0.327 e. The zero-order valence-electron chi connectivity index (χ0n) is 9.80. The third-order valence-electron chi connectivity index (χ3n) is 2.30. The van der Waals surface area contributed by atoms with Gasteiger partial charge in [-0.25, -0.2) is 13.6 Å². The van der Waals surface area contributed by atoms with E-state index in [-0.39, 0.29) is 5.56 Å². The number of ether oxygens (including phenoxy) is 1. The summed E-state index contributed by atoms with van der Waals surface area (Å²) in [5.41, 5.74) is -0.0368. The maximum atomic E-state index is 13.5. The van der Waals surface area contributed by atoms with Crippen molar-refractivity contribution in [2.45, 2.75) is 19.4 Å². The summed E-state index contributed by atoms with van der Waals surface area (Å²) in [5.74, 6) is -1.86. The van der Waals surface area contributed by atoms with Gasteiger partial charge in [0.25, 0.3) is 0 Å². The fourth-order valence-corrected chi connectivity index (χ4v) is 1.46. The highest BCUT2D eigenvalue weighted by molar-refractivity contribution is 5.77. The minimum atomic E-state index is -0.976. The molecular formula is C12H15F2NO2. The molecule has 1 rings (SSSR count). The van der Waals surface area contributed by atoms with Crippen molar-refractivity contribution in [1.82, 2.24) is 5.32 Å². The van der Waals surface area contributed by atoms with Crippen molar-refractivity contribution in [2.75, 3.05) is 13.7 Å². The number of carbonyl (C=O) groups excluding carboxylic acids is 1. The first-order valence-electron chi connectivity index (χ1n) is 5.36. The third kappa shape index (κ3) is 3.49. The highest BCUT2D eigenvalue weighted by Gasteiger charge is 2.24. The first kappa shape index (κ1) is 13.6. The van der Waals surface area contributed by atoms with Gasteiger partial charge in [-0.3, -0.25) is 0 Å². The number of halogens is 2. The number of methoxy groups -OCH3 is 1. The standard InChI is InChI=1S/C12H15F2NO2/c1-3-6-15-11(12(16)17-2)9-7-8(13)4-5-10(9)14/h4-5,7,11,15H,3,6H2,1-2H3. The quantitative estimate of drug-likeness (QED) is 0.805. The van der Waals surface area contributed by atoms with Crippen molar-refractivity contribution in [2.24, 2.45) is 0 Å². The second-order valence-corrected chi connectivity index (χ2v) is 3.58. The predicted octanol–water partition coefficient (Wildman–Crippen LogP) is 2.18. The number of carbonyl (C=O) groups is 1. The van der Waals surface area contributed by atoms with Crippen LogP contribution in [-0.2, 0) is 9.53 Å². The molecular weight excluding hydrogens is 228 g/mol. The number of hydrogen-bond donors (Lipinski definition) is 1. The minimum Gasteiger partial charge on any atom is -0.468 e. The molecule has 0 spiro atoms. The molecule has 5 heteroatoms. The summed E-state index contributed by atoms with van der Waals surface area (Å²) in [6.07, 6.45) is 0.768. The summed E-state index contributed by atoms with van der Waals surface area (Å²) in [6.45, 7) is 2.42. The van der Waals surface area contributed by atoms with Gasteiger partial charge in [0, 0.05) is 5.56 Å². The summed E-state index contributed by atoms with van der Waals surface area (Å²) in [4.78, 5) is 11.5. The van der Waals surface area contributed by atoms with Crippen LogP contribution in [0.1, 0.15) is 24.9 Å². The monoisotopic (exact) mass is 243 g/mol. The van der Waals surface area contributed by atoms with Crippen molar-refractivity contribution < 1.29 is 18.3 Å². The number of esters is 1. The van der Waals surface area contributed by atoms with E-state index in [0.717, 1.165) is 24.6 Å². The van der Waals surface area contributed by atoms with E-state index < -0.39 is 23.6 Å². The molecule has 0 amide bonds. The number of hydrogen-bond acceptors (Lipinski definition) is 3. The maximum absolute atomic E-state index is 13.5. The summed E-state index contributed by atoms with van der Waals surface area (Å²) in [5, 5.41) is 2.82. The van der Waals surface area contributed by atoms with Crippen molar-refractivity contribution in [3.63, 3.8) is 0 Å². The van der Waals surface area contributed by atoms with E-state index in [2.05, 4.69) is 10.1 Å². The van der Waals surface area contributed by atoms with Crippen molar-refractivity contribution in [3.05, 3.63) is 35.4 Å². The first-order chi connectivity index (χ1) is 8.10. The molecule has 0 aliphatic rings. The first-order valence-corrected chi connectivity index (χ1v) is 5.36. The van der Waals surface area contributed by atoms with Gasteiger partial charge in [-0.05, 0) is 31.2 Å². The van der Waals surface area contributed by atoms with Crippen LogP contribution in [0, 0.1) is 11.6 Å². The molecule has 0 saturated heterocycles. The molecule has 0 radical (unpaired) electrons. The van der Waals surface area contributed by atoms with Crippen LogP contribution < -0.4 is 5.32 Å². The molecule has 0 fully saturated rings. The Morgan fingerprint density at radius 3 is 2.76 bits per heavy atom. The zero-order chi connectivity index (χ0) is 12.8. The van der Waals surface area contributed by atoms with Gasteiger partial charge in [0.15, 0.2) is 0 Å². The minimum absolute atomic E-state index is 0.0368. The summed E-state index contributed by atoms with van der Waals surface area (Å²) in [7, 11) is 1.21. The molecule has 0 aliphatic carbocycles. The van der Waals surface area contributed by atoms with E-state index >= 15 is 0 Å². The lowest BCUT2D eigenvalue weighted by Gasteiger charge is -2.17. The van der Waals surface area contributed by atoms with E-state index in [1.807, 2.05) is 6.92 Å². The predicted molar refractivity (Wildman–Crippen MR) is 59.4 cm³/mol. The topological polar surface area (TPSA) is 38.3 Å². The van der Waals surface area contributed by atoms with E-state index in [1.165, 1.54) is 7.11 Å². The molecule has 3 nitrogen and oxygen atoms in total. The fraction of sp³-hybridized carbons (Fsp3) is 0.417. The van der Waals surface area contributed by atoms with Crippen LogP contribution >= 0.6 is 0 Å². The van der Waals surface area contributed by atoms with Gasteiger partial charge in [-0.1, -0.05) is 6.92 Å². The van der Waals surface area contributed by atoms with E-state index in [9.17, 15) is 13.6 Å². The summed E-state index contributed by atoms with van der Waals surface area (Å²) in [6, 6.07) is 2.02. The van der Waals surface area contributed by atoms with E-state index in [1.54, 1.807) is 0 Å². The Morgan fingerprint density at radius 1 is 1.47 bits per heavy atom. The van der Waals surface area contributed by atoms with Crippen LogP contribution in [0.15, 0.2) is 18.2 Å². The van der Waals surface area contributed by atoms with Crippen molar-refractivity contribution >= 4 is 5.97 Å². The average molecular weight is 243 g/mol. The molecule has 0 aromatic heterocycles. The Hall–Kier alpha value is -1.49. The van der Waals surface area contributed by atoms with Gasteiger partial charge in [0.1, 0.15) is 17.7 Å². The highest BCUT2D eigenvalue weighted by Crippen LogP contribution is 2.19. The number of rotatable bonds is 5. The molecule has 1 aromatic rings. The van der Waals surface area contributed by atoms with Crippen LogP contribution in [0.3, 0.4) is 0 Å². The lowest BCUT2D eigenvalue weighted by atomic mass is 10.1. The van der Waals surface area contributed by atoms with Crippen LogP contribution in [0.5, 0.6) is 0 Å². The third-order valence-corrected chi connectivity index (χ3v) is 2.30. The van der Waals surface area contributed by atoms with Gasteiger partial charge in [0.05, 0.1) is 7.11 Å². The molecule has 1 atom stereocenters. The molecule has 1 unspecified atom stereocenters. The molecule has 94 valence electrons. The fourth-order valence-electron chi connectivity index (χ4n) is 1.46. The second-order valence-electron chi connectivity index (χ2n) is 3.58. The van der Waals surface area contributed by atoms with Crippen molar-refractivity contribution in [1.29, 1.82) is 0 Å². The Labute approximate surface area is 98.8 Å². The van der Waals surface area contributed by atoms with Gasteiger partial charge >= 0.3 is 5.97 Å². The Balaban J connectivity index is 3.02. The summed E-state index contributed by atoms with van der Waals surface area (Å²) < 4.78 is 31.1. The molecule has 0 saturated carbocycles. The lowest BCUT2D eigenvalue weighted by molar-refractivity contribution is -0.143. The average Bonchev–Trinajstić information content (AvgIpc) is 2.33. The largest absolute Gasteiger partial charge is 0.468 e. The van der Waals surface area contributed by atoms with Gasteiger partial charge in [0.2, 0.25) is 0 Å². The zero-order valence-corrected chi connectivity index (χ0v) is 9.80.